The van der Waals surface area contributed by atoms with E-state index in [1.807, 2.05) is 66.2 Å². The molecule has 0 fully saturated rings. The monoisotopic (exact) mass is 740 g/mol. The number of aryl methyl sites for hydroxylation is 5. The van der Waals surface area contributed by atoms with E-state index in [0.717, 1.165) is 39.5 Å². The van der Waals surface area contributed by atoms with Crippen molar-refractivity contribution in [2.45, 2.75) is 41.5 Å². The van der Waals surface area contributed by atoms with E-state index in [1.54, 1.807) is 6.92 Å². The molecule has 0 aliphatic rings. The van der Waals surface area contributed by atoms with Crippen LogP contribution < -0.4 is 0 Å². The Morgan fingerprint density at radius 3 is 1.74 bits per heavy atom. The average molecular weight is 740 g/mol. The number of hydrogen-bond donors (Lipinski definition) is 0. The molecule has 0 N–H and O–H groups in total. The summed E-state index contributed by atoms with van der Waals surface area (Å²) in [5.41, 5.74) is 9.93. The zero-order valence-corrected chi connectivity index (χ0v) is 27.6. The molecule has 0 aliphatic heterocycles. The van der Waals surface area contributed by atoms with Crippen LogP contribution >= 0.6 is 0 Å². The third-order valence-electron chi connectivity index (χ3n) is 6.90. The van der Waals surface area contributed by atoms with Crippen molar-refractivity contribution in [2.75, 3.05) is 0 Å². The number of aromatic nitrogens is 5. The van der Waals surface area contributed by atoms with Crippen LogP contribution in [0.4, 0.5) is 0 Å². The van der Waals surface area contributed by atoms with Gasteiger partial charge in [0.2, 0.25) is 0 Å². The minimum atomic E-state index is 0. The number of nitrogens with zero attached hydrogens (tertiary/aromatic N) is 5. The Morgan fingerprint density at radius 2 is 1.21 bits per heavy atom. The van der Waals surface area contributed by atoms with Crippen molar-refractivity contribution in [2.24, 2.45) is 0 Å². The van der Waals surface area contributed by atoms with Gasteiger partial charge in [0.05, 0.1) is 17.3 Å². The number of benzene rings is 4. The molecule has 0 unspecified atom stereocenters. The fourth-order valence-corrected chi connectivity index (χ4v) is 5.02. The Morgan fingerprint density at radius 1 is 0.651 bits per heavy atom. The Kier molecular flexibility index (Phi) is 10.3. The van der Waals surface area contributed by atoms with E-state index in [-0.39, 0.29) is 20.1 Å². The van der Waals surface area contributed by atoms with Gasteiger partial charge in [-0.15, -0.1) is 71.8 Å². The fourth-order valence-electron chi connectivity index (χ4n) is 5.02. The quantitative estimate of drug-likeness (QED) is 0.136. The molecule has 0 atom stereocenters. The first-order chi connectivity index (χ1) is 20.4. The van der Waals surface area contributed by atoms with Crippen molar-refractivity contribution in [3.05, 3.63) is 137 Å². The molecule has 6 aromatic rings. The number of hydrogen-bond acceptors (Lipinski definition) is 3. The summed E-state index contributed by atoms with van der Waals surface area (Å²) in [6, 6.07) is 34.6. The molecule has 1 radical (unpaired) electrons. The first kappa shape index (κ1) is 31.4. The summed E-state index contributed by atoms with van der Waals surface area (Å²) in [5, 5.41) is 4.66. The van der Waals surface area contributed by atoms with Crippen LogP contribution in [0.2, 0.25) is 0 Å². The first-order valence-electron chi connectivity index (χ1n) is 13.9. The molecule has 4 aromatic carbocycles. The Bertz CT molecular complexity index is 1850. The minimum Gasteiger partial charge on any atom is -0.339 e. The molecule has 0 aliphatic carbocycles. The molecule has 217 valence electrons. The maximum absolute atomic E-state index is 4.67. The van der Waals surface area contributed by atoms with Crippen LogP contribution in [-0.4, -0.2) is 24.3 Å². The van der Waals surface area contributed by atoms with E-state index in [9.17, 15) is 0 Å². The molecule has 43 heavy (non-hydrogen) atoms. The standard InChI is InChI=1S/C19H16N3.C18H17N2.Ir/c1-4-9-17-20-19(16-12-6-5-7-13-16)21-22(17)18-14(2)10-8-11-15(18)3;1-13-8-7-9-14(2)17(13)20-12-15(3)19-18(20)16-10-5-4-6-11-16;/h5-8,10-12H,1-3H3;4-10,12H,1-3H3;/q2*-1;. The predicted molar refractivity (Wildman–Crippen MR) is 170 cm³/mol. The van der Waals surface area contributed by atoms with E-state index >= 15 is 0 Å². The normalized spacial score (nSPS) is 10.2. The summed E-state index contributed by atoms with van der Waals surface area (Å²) in [6.45, 7) is 12.2. The van der Waals surface area contributed by atoms with Crippen LogP contribution in [0.25, 0.3) is 34.2 Å². The van der Waals surface area contributed by atoms with Gasteiger partial charge in [-0.1, -0.05) is 42.3 Å². The largest absolute Gasteiger partial charge is 0.339 e. The second-order valence-electron chi connectivity index (χ2n) is 10.2. The van der Waals surface area contributed by atoms with E-state index in [0.29, 0.717) is 11.6 Å². The molecule has 0 bridgehead atoms. The van der Waals surface area contributed by atoms with E-state index in [1.165, 1.54) is 16.8 Å². The summed E-state index contributed by atoms with van der Waals surface area (Å²) >= 11 is 0. The third kappa shape index (κ3) is 6.92. The maximum atomic E-state index is 4.67. The van der Waals surface area contributed by atoms with Crippen molar-refractivity contribution >= 4 is 0 Å². The van der Waals surface area contributed by atoms with Crippen LogP contribution in [0.1, 0.15) is 40.7 Å². The van der Waals surface area contributed by atoms with Gasteiger partial charge in [0.15, 0.2) is 5.82 Å². The summed E-state index contributed by atoms with van der Waals surface area (Å²) in [4.78, 5) is 9.25. The molecule has 0 saturated heterocycles. The molecule has 5 nitrogen and oxygen atoms in total. The van der Waals surface area contributed by atoms with Gasteiger partial charge in [0.1, 0.15) is 0 Å². The summed E-state index contributed by atoms with van der Waals surface area (Å²) in [6.07, 6.45) is 2.09. The number of rotatable bonds is 4. The number of para-hydroxylation sites is 2. The molecule has 0 amide bonds. The van der Waals surface area contributed by atoms with Crippen molar-refractivity contribution in [3.63, 3.8) is 0 Å². The first-order valence-corrected chi connectivity index (χ1v) is 13.9. The van der Waals surface area contributed by atoms with Gasteiger partial charge in [-0.25, -0.2) is 9.67 Å². The summed E-state index contributed by atoms with van der Waals surface area (Å²) in [7, 11) is 0. The van der Waals surface area contributed by atoms with Gasteiger partial charge in [0, 0.05) is 37.7 Å². The predicted octanol–water partition coefficient (Wildman–Crippen LogP) is 7.98. The Labute approximate surface area is 268 Å². The van der Waals surface area contributed by atoms with E-state index < -0.39 is 0 Å². The molecule has 0 saturated carbocycles. The fraction of sp³-hybridized carbons (Fsp3) is 0.162. The van der Waals surface area contributed by atoms with Gasteiger partial charge in [-0.05, 0) is 69.7 Å². The third-order valence-corrected chi connectivity index (χ3v) is 6.90. The summed E-state index contributed by atoms with van der Waals surface area (Å²) in [5.74, 6) is 8.19. The van der Waals surface area contributed by atoms with Crippen LogP contribution in [-0.2, 0) is 20.1 Å². The molecular formula is C37H33IrN5-2. The van der Waals surface area contributed by atoms with Gasteiger partial charge in [-0.2, -0.15) is 5.10 Å². The van der Waals surface area contributed by atoms with Crippen molar-refractivity contribution in [3.8, 4) is 46.0 Å². The minimum absolute atomic E-state index is 0. The van der Waals surface area contributed by atoms with Crippen molar-refractivity contribution in [1.29, 1.82) is 0 Å². The Hall–Kier alpha value is -4.56. The zero-order chi connectivity index (χ0) is 29.6. The van der Waals surface area contributed by atoms with Gasteiger partial charge in [-0.3, -0.25) is 4.98 Å². The van der Waals surface area contributed by atoms with Crippen molar-refractivity contribution < 1.29 is 20.1 Å². The van der Waals surface area contributed by atoms with Gasteiger partial charge in [0.25, 0.3) is 0 Å². The molecule has 2 heterocycles. The summed E-state index contributed by atoms with van der Waals surface area (Å²) < 4.78 is 4.00. The van der Waals surface area contributed by atoms with Crippen LogP contribution in [0.5, 0.6) is 0 Å². The van der Waals surface area contributed by atoms with Crippen molar-refractivity contribution in [1.82, 2.24) is 24.3 Å². The second kappa shape index (κ2) is 14.1. The van der Waals surface area contributed by atoms with Gasteiger partial charge >= 0.3 is 0 Å². The zero-order valence-electron chi connectivity index (χ0n) is 25.2. The number of imidazole rings is 1. The Balaban J connectivity index is 0.000000193. The molecule has 0 spiro atoms. The van der Waals surface area contributed by atoms with E-state index in [4.69, 9.17) is 0 Å². The molecule has 6 rings (SSSR count). The average Bonchev–Trinajstić information content (AvgIpc) is 3.58. The van der Waals surface area contributed by atoms with Crippen LogP contribution in [0.3, 0.4) is 0 Å². The van der Waals surface area contributed by atoms with Crippen LogP contribution in [0, 0.1) is 58.6 Å². The molecule has 2 aromatic heterocycles. The topological polar surface area (TPSA) is 48.5 Å². The smallest absolute Gasteiger partial charge is 0.198 e. The van der Waals surface area contributed by atoms with Gasteiger partial charge < -0.3 is 4.57 Å². The van der Waals surface area contributed by atoms with Crippen LogP contribution in [0.15, 0.2) is 91.1 Å². The molecular weight excluding hydrogens is 707 g/mol. The maximum Gasteiger partial charge on any atom is 0.198 e. The second-order valence-corrected chi connectivity index (χ2v) is 10.2. The van der Waals surface area contributed by atoms with E-state index in [2.05, 4.69) is 108 Å². The molecule has 6 heteroatoms. The SMILES string of the molecule is CC#Cc1nc(-c2[c-]cccc2)nn1-c1c(C)cccc1C.Cc1cn(-c2c(C)cccc2C)c(-c2[c-]cccc2)n1.[Ir].